The van der Waals surface area contributed by atoms with Gasteiger partial charge in [0.1, 0.15) is 6.10 Å². The lowest BCUT2D eigenvalue weighted by atomic mass is 10.2. The van der Waals surface area contributed by atoms with E-state index >= 15 is 0 Å². The van der Waals surface area contributed by atoms with Crippen molar-refractivity contribution in [3.05, 3.63) is 25.3 Å². The van der Waals surface area contributed by atoms with Crippen LogP contribution >= 0.6 is 0 Å². The Balaban J connectivity index is 4.14. The van der Waals surface area contributed by atoms with Crippen LogP contribution in [0.5, 0.6) is 0 Å². The average Bonchev–Trinajstić information content (AvgIpc) is 2.15. The van der Waals surface area contributed by atoms with Crippen LogP contribution in [0.1, 0.15) is 12.8 Å². The molecule has 0 radical (unpaired) electrons. The summed E-state index contributed by atoms with van der Waals surface area (Å²) in [5, 5.41) is 17.4. The molecule has 0 amide bonds. The summed E-state index contributed by atoms with van der Waals surface area (Å²) in [4.78, 5) is 21.3. The van der Waals surface area contributed by atoms with Gasteiger partial charge in [0.15, 0.2) is 6.10 Å². The van der Waals surface area contributed by atoms with Crippen LogP contribution in [0.3, 0.4) is 0 Å². The minimum Gasteiger partial charge on any atom is -0.481 e. The SMILES string of the molecule is C=CCC(C=C)OC(=O)C(O)CC(=O)O. The summed E-state index contributed by atoms with van der Waals surface area (Å²) in [6.07, 6.45) is 0.385. The molecule has 0 rings (SSSR count). The van der Waals surface area contributed by atoms with Crippen molar-refractivity contribution < 1.29 is 24.5 Å². The number of ether oxygens (including phenoxy) is 1. The van der Waals surface area contributed by atoms with Crippen LogP contribution in [0.15, 0.2) is 25.3 Å². The molecule has 0 saturated carbocycles. The fourth-order valence-electron chi connectivity index (χ4n) is 0.833. The van der Waals surface area contributed by atoms with Gasteiger partial charge in [-0.3, -0.25) is 4.79 Å². The molecular formula is C10H14O5. The van der Waals surface area contributed by atoms with Gasteiger partial charge in [-0.05, 0) is 0 Å². The summed E-state index contributed by atoms with van der Waals surface area (Å²) in [5.41, 5.74) is 0. The number of carboxylic acid groups (broad SMARTS) is 1. The molecule has 84 valence electrons. The second-order valence-corrected chi connectivity index (χ2v) is 2.85. The summed E-state index contributed by atoms with van der Waals surface area (Å²) < 4.78 is 4.76. The Morgan fingerprint density at radius 2 is 2.00 bits per heavy atom. The summed E-state index contributed by atoms with van der Waals surface area (Å²) in [6, 6.07) is 0. The van der Waals surface area contributed by atoms with Crippen molar-refractivity contribution >= 4 is 11.9 Å². The molecule has 0 fully saturated rings. The van der Waals surface area contributed by atoms with Crippen LogP contribution in [0, 0.1) is 0 Å². The number of rotatable bonds is 7. The first-order chi connectivity index (χ1) is 7.01. The highest BCUT2D eigenvalue weighted by molar-refractivity contribution is 5.80. The minimum atomic E-state index is -1.64. The number of hydrogen-bond donors (Lipinski definition) is 2. The van der Waals surface area contributed by atoms with Gasteiger partial charge >= 0.3 is 11.9 Å². The van der Waals surface area contributed by atoms with E-state index < -0.39 is 30.6 Å². The fraction of sp³-hybridized carbons (Fsp3) is 0.400. The van der Waals surface area contributed by atoms with Crippen molar-refractivity contribution in [2.24, 2.45) is 0 Å². The lowest BCUT2D eigenvalue weighted by Crippen LogP contribution is -2.29. The topological polar surface area (TPSA) is 83.8 Å². The van der Waals surface area contributed by atoms with Gasteiger partial charge in [-0.25, -0.2) is 4.79 Å². The molecule has 0 bridgehead atoms. The smallest absolute Gasteiger partial charge is 0.336 e. The predicted octanol–water partition coefficient (Wildman–Crippen LogP) is 0.496. The molecule has 2 atom stereocenters. The molecule has 0 aromatic heterocycles. The van der Waals surface area contributed by atoms with E-state index in [9.17, 15) is 9.59 Å². The second kappa shape index (κ2) is 6.78. The third-order valence-electron chi connectivity index (χ3n) is 1.57. The highest BCUT2D eigenvalue weighted by Crippen LogP contribution is 2.04. The van der Waals surface area contributed by atoms with Crippen LogP contribution in [0.25, 0.3) is 0 Å². The molecule has 2 N–H and O–H groups in total. The van der Waals surface area contributed by atoms with Gasteiger partial charge in [0.25, 0.3) is 0 Å². The predicted molar refractivity (Wildman–Crippen MR) is 53.2 cm³/mol. The van der Waals surface area contributed by atoms with Crippen molar-refractivity contribution in [3.63, 3.8) is 0 Å². The fourth-order valence-corrected chi connectivity index (χ4v) is 0.833. The molecule has 0 heterocycles. The van der Waals surface area contributed by atoms with Crippen LogP contribution in [-0.4, -0.2) is 34.4 Å². The van der Waals surface area contributed by atoms with Crippen molar-refractivity contribution in [1.82, 2.24) is 0 Å². The molecule has 5 nitrogen and oxygen atoms in total. The average molecular weight is 214 g/mol. The molecule has 0 aromatic rings. The largest absolute Gasteiger partial charge is 0.481 e. The number of carboxylic acids is 1. The number of carbonyl (C=O) groups excluding carboxylic acids is 1. The van der Waals surface area contributed by atoms with Crippen LogP contribution in [-0.2, 0) is 14.3 Å². The zero-order valence-electron chi connectivity index (χ0n) is 8.26. The summed E-state index contributed by atoms with van der Waals surface area (Å²) >= 11 is 0. The van der Waals surface area contributed by atoms with Crippen molar-refractivity contribution in [1.29, 1.82) is 0 Å². The minimum absolute atomic E-state index is 0.370. The molecule has 5 heteroatoms. The van der Waals surface area contributed by atoms with Gasteiger partial charge in [0.05, 0.1) is 6.42 Å². The number of aliphatic hydroxyl groups excluding tert-OH is 1. The Labute approximate surface area is 87.7 Å². The van der Waals surface area contributed by atoms with Crippen molar-refractivity contribution in [3.8, 4) is 0 Å². The van der Waals surface area contributed by atoms with Crippen LogP contribution < -0.4 is 0 Å². The Morgan fingerprint density at radius 1 is 1.40 bits per heavy atom. The number of aliphatic hydroxyl groups is 1. The highest BCUT2D eigenvalue weighted by atomic mass is 16.6. The summed E-state index contributed by atoms with van der Waals surface area (Å²) in [6.45, 7) is 6.88. The van der Waals surface area contributed by atoms with Crippen LogP contribution in [0.4, 0.5) is 0 Å². The maximum absolute atomic E-state index is 11.1. The number of aliphatic carboxylic acids is 1. The maximum Gasteiger partial charge on any atom is 0.336 e. The van der Waals surface area contributed by atoms with Crippen molar-refractivity contribution in [2.45, 2.75) is 25.0 Å². The van der Waals surface area contributed by atoms with Gasteiger partial charge in [0, 0.05) is 6.42 Å². The quantitative estimate of drug-likeness (QED) is 0.476. The molecular weight excluding hydrogens is 200 g/mol. The molecule has 2 unspecified atom stereocenters. The molecule has 0 aliphatic rings. The monoisotopic (exact) mass is 214 g/mol. The first-order valence-corrected chi connectivity index (χ1v) is 4.35. The first kappa shape index (κ1) is 13.4. The lowest BCUT2D eigenvalue weighted by Gasteiger charge is -2.14. The van der Waals surface area contributed by atoms with Gasteiger partial charge < -0.3 is 14.9 Å². The highest BCUT2D eigenvalue weighted by Gasteiger charge is 2.22. The first-order valence-electron chi connectivity index (χ1n) is 4.35. The van der Waals surface area contributed by atoms with E-state index in [-0.39, 0.29) is 0 Å². The Kier molecular flexibility index (Phi) is 6.05. The third-order valence-corrected chi connectivity index (χ3v) is 1.57. The Morgan fingerprint density at radius 3 is 2.40 bits per heavy atom. The number of hydrogen-bond acceptors (Lipinski definition) is 4. The van der Waals surface area contributed by atoms with Gasteiger partial charge in [-0.2, -0.15) is 0 Å². The number of esters is 1. The van der Waals surface area contributed by atoms with Crippen LogP contribution in [0.2, 0.25) is 0 Å². The molecule has 0 spiro atoms. The molecule has 0 saturated heterocycles. The van der Waals surface area contributed by atoms with E-state index in [1.54, 1.807) is 0 Å². The Hall–Kier alpha value is -1.62. The maximum atomic E-state index is 11.1. The van der Waals surface area contributed by atoms with E-state index in [0.717, 1.165) is 0 Å². The van der Waals surface area contributed by atoms with Crippen molar-refractivity contribution in [2.75, 3.05) is 0 Å². The van der Waals surface area contributed by atoms with Gasteiger partial charge in [0.2, 0.25) is 0 Å². The lowest BCUT2D eigenvalue weighted by molar-refractivity contribution is -0.160. The second-order valence-electron chi connectivity index (χ2n) is 2.85. The standard InChI is InChI=1S/C10H14O5/c1-3-5-7(4-2)15-10(14)8(11)6-9(12)13/h3-4,7-8,11H,1-2,5-6H2,(H,12,13). The summed E-state index contributed by atoms with van der Waals surface area (Å²) in [5.74, 6) is -2.23. The van der Waals surface area contributed by atoms with E-state index in [4.69, 9.17) is 14.9 Å². The molecule has 15 heavy (non-hydrogen) atoms. The summed E-state index contributed by atoms with van der Waals surface area (Å²) in [7, 11) is 0. The van der Waals surface area contributed by atoms with Gasteiger partial charge in [-0.15, -0.1) is 6.58 Å². The Bertz CT molecular complexity index is 259. The van der Waals surface area contributed by atoms with Gasteiger partial charge in [-0.1, -0.05) is 18.7 Å². The zero-order chi connectivity index (χ0) is 11.8. The van der Waals surface area contributed by atoms with E-state index in [1.807, 2.05) is 0 Å². The normalized spacial score (nSPS) is 13.7. The van der Waals surface area contributed by atoms with E-state index in [2.05, 4.69) is 13.2 Å². The van der Waals surface area contributed by atoms with E-state index in [0.29, 0.717) is 6.42 Å². The molecule has 0 aliphatic carbocycles. The third kappa shape index (κ3) is 5.64. The van der Waals surface area contributed by atoms with E-state index in [1.165, 1.54) is 12.2 Å². The zero-order valence-corrected chi connectivity index (χ0v) is 8.26. The molecule has 0 aromatic carbocycles. The number of carbonyl (C=O) groups is 2. The molecule has 0 aliphatic heterocycles.